The molecule has 9 heteroatoms. The zero-order valence-corrected chi connectivity index (χ0v) is 20.8. The molecule has 7 nitrogen and oxygen atoms in total. The van der Waals surface area contributed by atoms with E-state index in [1.807, 2.05) is 37.4 Å². The van der Waals surface area contributed by atoms with Crippen molar-refractivity contribution in [1.82, 2.24) is 9.88 Å². The molecule has 2 aliphatic rings. The number of fused-ring (bicyclic) bond motifs is 1. The molecule has 1 aliphatic carbocycles. The first-order valence-electron chi connectivity index (χ1n) is 11.2. The van der Waals surface area contributed by atoms with E-state index in [0.717, 1.165) is 47.6 Å². The van der Waals surface area contributed by atoms with Crippen molar-refractivity contribution in [3.8, 4) is 17.0 Å². The number of nitrogens with one attached hydrogen (secondary N) is 1. The number of thioether (sulfide) groups is 1. The second-order valence-corrected chi connectivity index (χ2v) is 10.7. The largest absolute Gasteiger partial charge is 0.497 e. The number of carbonyl (C=O) groups excluding carboxylic acids is 3. The lowest BCUT2D eigenvalue weighted by molar-refractivity contribution is -0.146. The maximum Gasteiger partial charge on any atom is 0.249 e. The maximum absolute atomic E-state index is 13.3. The SMILES string of the molecule is COc1ccc(-c2nc(NC(=O)C(CCSC)N3C(=O)C4CCCCC4C3=O)sc2C)cc1. The van der Waals surface area contributed by atoms with Crippen molar-refractivity contribution in [3.05, 3.63) is 29.1 Å². The summed E-state index contributed by atoms with van der Waals surface area (Å²) < 4.78 is 5.22. The van der Waals surface area contributed by atoms with E-state index in [0.29, 0.717) is 17.3 Å². The number of anilines is 1. The van der Waals surface area contributed by atoms with Gasteiger partial charge in [0.2, 0.25) is 17.7 Å². The first kappa shape index (κ1) is 23.8. The molecule has 33 heavy (non-hydrogen) atoms. The van der Waals surface area contributed by atoms with Crippen molar-refractivity contribution in [2.75, 3.05) is 24.4 Å². The van der Waals surface area contributed by atoms with Crippen molar-refractivity contribution in [1.29, 1.82) is 0 Å². The molecule has 0 radical (unpaired) electrons. The van der Waals surface area contributed by atoms with E-state index in [1.165, 1.54) is 16.2 Å². The molecule has 3 unspecified atom stereocenters. The summed E-state index contributed by atoms with van der Waals surface area (Å²) in [5.41, 5.74) is 1.72. The molecule has 1 saturated heterocycles. The number of nitrogens with zero attached hydrogens (tertiary/aromatic N) is 2. The van der Waals surface area contributed by atoms with Crippen LogP contribution in [0, 0.1) is 18.8 Å². The molecule has 0 spiro atoms. The molecule has 176 valence electrons. The van der Waals surface area contributed by atoms with Crippen LogP contribution in [0.4, 0.5) is 5.13 Å². The Kier molecular flexibility index (Phi) is 7.38. The van der Waals surface area contributed by atoms with Gasteiger partial charge in [-0.25, -0.2) is 4.98 Å². The number of amides is 3. The molecule has 2 heterocycles. The number of imide groups is 1. The van der Waals surface area contributed by atoms with E-state index < -0.39 is 6.04 Å². The van der Waals surface area contributed by atoms with Gasteiger partial charge in [0.05, 0.1) is 24.6 Å². The Hall–Kier alpha value is -2.39. The number of thiazole rings is 1. The number of ether oxygens (including phenoxy) is 1. The van der Waals surface area contributed by atoms with Crippen molar-refractivity contribution in [2.24, 2.45) is 11.8 Å². The molecule has 1 saturated carbocycles. The van der Waals surface area contributed by atoms with E-state index in [2.05, 4.69) is 10.3 Å². The highest BCUT2D eigenvalue weighted by Gasteiger charge is 2.51. The van der Waals surface area contributed by atoms with Gasteiger partial charge in [0, 0.05) is 10.4 Å². The number of carbonyl (C=O) groups is 3. The van der Waals surface area contributed by atoms with Crippen LogP contribution < -0.4 is 10.1 Å². The fourth-order valence-electron chi connectivity index (χ4n) is 4.76. The zero-order chi connectivity index (χ0) is 23.5. The molecule has 2 aromatic rings. The number of aryl methyl sites for hydroxylation is 1. The van der Waals surface area contributed by atoms with Crippen molar-refractivity contribution in [3.63, 3.8) is 0 Å². The van der Waals surface area contributed by atoms with E-state index in [1.54, 1.807) is 18.9 Å². The number of likely N-dealkylation sites (tertiary alicyclic amines) is 1. The lowest BCUT2D eigenvalue weighted by Gasteiger charge is -2.25. The summed E-state index contributed by atoms with van der Waals surface area (Å²) in [6.07, 6.45) is 5.77. The number of aromatic nitrogens is 1. The van der Waals surface area contributed by atoms with Gasteiger partial charge in [0.1, 0.15) is 11.8 Å². The Morgan fingerprint density at radius 3 is 2.42 bits per heavy atom. The van der Waals surface area contributed by atoms with Gasteiger partial charge >= 0.3 is 0 Å². The summed E-state index contributed by atoms with van der Waals surface area (Å²) in [7, 11) is 1.62. The number of methoxy groups -OCH3 is 1. The van der Waals surface area contributed by atoms with Gasteiger partial charge in [0.15, 0.2) is 5.13 Å². The van der Waals surface area contributed by atoms with Crippen LogP contribution >= 0.6 is 23.1 Å². The van der Waals surface area contributed by atoms with E-state index in [-0.39, 0.29) is 29.6 Å². The molecule has 1 aromatic heterocycles. The van der Waals surface area contributed by atoms with Gasteiger partial charge in [-0.3, -0.25) is 19.3 Å². The topological polar surface area (TPSA) is 88.6 Å². The Bertz CT molecular complexity index is 1010. The predicted octanol–water partition coefficient (Wildman–Crippen LogP) is 4.36. The van der Waals surface area contributed by atoms with E-state index in [9.17, 15) is 14.4 Å². The van der Waals surface area contributed by atoms with Crippen LogP contribution in [0.2, 0.25) is 0 Å². The molecule has 1 aliphatic heterocycles. The zero-order valence-electron chi connectivity index (χ0n) is 19.1. The van der Waals surface area contributed by atoms with Crippen LogP contribution in [-0.2, 0) is 14.4 Å². The number of benzene rings is 1. The molecular weight excluding hydrogens is 458 g/mol. The van der Waals surface area contributed by atoms with Crippen molar-refractivity contribution < 1.29 is 19.1 Å². The monoisotopic (exact) mass is 487 g/mol. The summed E-state index contributed by atoms with van der Waals surface area (Å²) >= 11 is 2.98. The molecule has 2 fully saturated rings. The Morgan fingerprint density at radius 1 is 1.21 bits per heavy atom. The quantitative estimate of drug-likeness (QED) is 0.557. The normalized spacial score (nSPS) is 21.1. The molecular formula is C24H29N3O4S2. The Labute approximate surface area is 202 Å². The number of hydrogen-bond donors (Lipinski definition) is 1. The third kappa shape index (κ3) is 4.80. The maximum atomic E-state index is 13.3. The van der Waals surface area contributed by atoms with Crippen LogP contribution in [0.15, 0.2) is 24.3 Å². The van der Waals surface area contributed by atoms with Gasteiger partial charge in [-0.2, -0.15) is 11.8 Å². The highest BCUT2D eigenvalue weighted by molar-refractivity contribution is 7.98. The highest BCUT2D eigenvalue weighted by Crippen LogP contribution is 2.39. The third-order valence-corrected chi connectivity index (χ3v) is 8.01. The van der Waals surface area contributed by atoms with Gasteiger partial charge in [-0.05, 0) is 62.5 Å². The van der Waals surface area contributed by atoms with Gasteiger partial charge in [-0.1, -0.05) is 12.8 Å². The summed E-state index contributed by atoms with van der Waals surface area (Å²) in [5.74, 6) is 0.203. The predicted molar refractivity (Wildman–Crippen MR) is 132 cm³/mol. The first-order chi connectivity index (χ1) is 15.9. The first-order valence-corrected chi connectivity index (χ1v) is 13.4. The summed E-state index contributed by atoms with van der Waals surface area (Å²) in [5, 5.41) is 3.36. The molecule has 0 bridgehead atoms. The van der Waals surface area contributed by atoms with Crippen LogP contribution in [-0.4, -0.2) is 52.8 Å². The molecule has 1 N–H and O–H groups in total. The standard InChI is InChI=1S/C24H29N3O4S2/c1-14-20(15-8-10-16(31-2)11-9-15)25-24(33-14)26-21(28)19(12-13-32-3)27-22(29)17-6-4-5-7-18(17)23(27)30/h8-11,17-19H,4-7,12-13H2,1-3H3,(H,25,26,28). The van der Waals surface area contributed by atoms with Crippen LogP contribution in [0.3, 0.4) is 0 Å². The number of hydrogen-bond acceptors (Lipinski definition) is 7. The lowest BCUT2D eigenvalue weighted by atomic mass is 9.81. The summed E-state index contributed by atoms with van der Waals surface area (Å²) in [6.45, 7) is 1.95. The van der Waals surface area contributed by atoms with E-state index in [4.69, 9.17) is 4.74 Å². The van der Waals surface area contributed by atoms with Gasteiger partial charge in [0.25, 0.3) is 0 Å². The summed E-state index contributed by atoms with van der Waals surface area (Å²) in [6, 6.07) is 6.79. The molecule has 3 amide bonds. The Balaban J connectivity index is 1.54. The fraction of sp³-hybridized carbons (Fsp3) is 0.500. The van der Waals surface area contributed by atoms with Crippen molar-refractivity contribution in [2.45, 2.75) is 45.1 Å². The minimum atomic E-state index is -0.809. The lowest BCUT2D eigenvalue weighted by Crippen LogP contribution is -2.48. The summed E-state index contributed by atoms with van der Waals surface area (Å²) in [4.78, 5) is 46.4. The van der Waals surface area contributed by atoms with Crippen LogP contribution in [0.25, 0.3) is 11.3 Å². The minimum absolute atomic E-state index is 0.180. The molecule has 3 atom stereocenters. The third-order valence-electron chi connectivity index (χ3n) is 6.48. The highest BCUT2D eigenvalue weighted by atomic mass is 32.2. The van der Waals surface area contributed by atoms with Crippen molar-refractivity contribution >= 4 is 46.0 Å². The smallest absolute Gasteiger partial charge is 0.249 e. The van der Waals surface area contributed by atoms with Gasteiger partial charge in [-0.15, -0.1) is 11.3 Å². The molecule has 4 rings (SSSR count). The fourth-order valence-corrected chi connectivity index (χ4v) is 6.06. The average molecular weight is 488 g/mol. The van der Waals surface area contributed by atoms with E-state index >= 15 is 0 Å². The van der Waals surface area contributed by atoms with Crippen LogP contribution in [0.1, 0.15) is 37.0 Å². The molecule has 1 aromatic carbocycles. The average Bonchev–Trinajstić information content (AvgIpc) is 3.31. The number of rotatable bonds is 8. The second-order valence-electron chi connectivity index (χ2n) is 8.48. The van der Waals surface area contributed by atoms with Gasteiger partial charge < -0.3 is 10.1 Å². The minimum Gasteiger partial charge on any atom is -0.497 e. The van der Waals surface area contributed by atoms with Crippen LogP contribution in [0.5, 0.6) is 5.75 Å². The second kappa shape index (κ2) is 10.3. The Morgan fingerprint density at radius 2 is 1.85 bits per heavy atom.